The van der Waals surface area contributed by atoms with Crippen LogP contribution >= 0.6 is 23.6 Å². The zero-order valence-electron chi connectivity index (χ0n) is 14.7. The fourth-order valence-corrected chi connectivity index (χ4v) is 4.44. The van der Waals surface area contributed by atoms with Crippen molar-refractivity contribution < 1.29 is 24.5 Å². The van der Waals surface area contributed by atoms with Crippen LogP contribution in [-0.2, 0) is 4.79 Å². The molecule has 5 rings (SSSR count). The van der Waals surface area contributed by atoms with Gasteiger partial charge in [-0.1, -0.05) is 6.07 Å². The summed E-state index contributed by atoms with van der Waals surface area (Å²) in [6, 6.07) is 9.82. The first kappa shape index (κ1) is 17.7. The topological polar surface area (TPSA) is 93.3 Å². The highest BCUT2D eigenvalue weighted by Gasteiger charge is 2.19. The van der Waals surface area contributed by atoms with Crippen LogP contribution in [0.4, 0.5) is 0 Å². The van der Waals surface area contributed by atoms with Crippen LogP contribution in [0.5, 0.6) is 23.1 Å². The Morgan fingerprint density at radius 2 is 1.97 bits per heavy atom. The maximum Gasteiger partial charge on any atom is 0.277 e. The van der Waals surface area contributed by atoms with Crippen molar-refractivity contribution in [1.82, 2.24) is 4.57 Å². The number of fused-ring (bicyclic) bond motifs is 2. The fraction of sp³-hybridized carbons (Fsp3) is 0.0500. The second kappa shape index (κ2) is 6.57. The molecule has 2 aromatic carbocycles. The molecule has 3 heterocycles. The predicted molar refractivity (Wildman–Crippen MR) is 109 cm³/mol. The number of carbonyl (C=O) groups is 1. The van der Waals surface area contributed by atoms with Gasteiger partial charge in [0.15, 0.2) is 15.5 Å². The molecule has 9 heteroatoms. The number of ether oxygens (including phenoxy) is 2. The van der Waals surface area contributed by atoms with E-state index >= 15 is 0 Å². The Hall–Kier alpha value is -3.43. The van der Waals surface area contributed by atoms with Gasteiger partial charge in [-0.3, -0.25) is 9.36 Å². The molecule has 1 amide bonds. The van der Waals surface area contributed by atoms with Crippen molar-refractivity contribution in [2.24, 2.45) is 4.99 Å². The van der Waals surface area contributed by atoms with Crippen molar-refractivity contribution in [2.75, 3.05) is 6.79 Å². The summed E-state index contributed by atoms with van der Waals surface area (Å²) in [5.41, 5.74) is 0.834. The van der Waals surface area contributed by atoms with E-state index in [-0.39, 0.29) is 18.4 Å². The molecule has 2 N–H and O–H groups in total. The highest BCUT2D eigenvalue weighted by Crippen LogP contribution is 2.33. The van der Waals surface area contributed by atoms with Crippen molar-refractivity contribution in [3.8, 4) is 28.8 Å². The van der Waals surface area contributed by atoms with Crippen LogP contribution in [-0.4, -0.2) is 27.5 Å². The summed E-state index contributed by atoms with van der Waals surface area (Å²) in [6.07, 6.45) is 3.24. The van der Waals surface area contributed by atoms with Crippen molar-refractivity contribution in [1.29, 1.82) is 0 Å². The van der Waals surface area contributed by atoms with E-state index < -0.39 is 5.91 Å². The largest absolute Gasteiger partial charge is 0.508 e. The third-order valence-electron chi connectivity index (χ3n) is 4.49. The van der Waals surface area contributed by atoms with Gasteiger partial charge in [0.25, 0.3) is 5.91 Å². The Bertz CT molecular complexity index is 1400. The van der Waals surface area contributed by atoms with Gasteiger partial charge in [-0.2, -0.15) is 0 Å². The van der Waals surface area contributed by atoms with Gasteiger partial charge in [0.05, 0.1) is 15.9 Å². The van der Waals surface area contributed by atoms with E-state index in [0.717, 1.165) is 16.6 Å². The van der Waals surface area contributed by atoms with Crippen molar-refractivity contribution in [3.63, 3.8) is 0 Å². The molecule has 0 radical (unpaired) electrons. The number of aromatic hydroxyl groups is 2. The molecule has 2 aliphatic heterocycles. The van der Waals surface area contributed by atoms with Crippen LogP contribution < -0.4 is 20.0 Å². The molecule has 1 aromatic heterocycles. The molecule has 0 unspecified atom stereocenters. The number of hydrogen-bond acceptors (Lipinski definition) is 7. The standard InChI is InChI=1S/C20H12N2O5S2/c23-13-3-1-2-12(7-13)22-19(25)17(29-20(22)28)6-11-4-10-5-15-16(27-9-26-15)8-14(10)21-18(11)24/h1-8,23,25H,9H2. The molecular weight excluding hydrogens is 412 g/mol. The van der Waals surface area contributed by atoms with Gasteiger partial charge in [-0.15, -0.1) is 11.3 Å². The number of aromatic nitrogens is 1. The maximum absolute atomic E-state index is 12.5. The summed E-state index contributed by atoms with van der Waals surface area (Å²) in [4.78, 5) is 17.0. The van der Waals surface area contributed by atoms with Crippen LogP contribution in [0, 0.1) is 3.95 Å². The van der Waals surface area contributed by atoms with Gasteiger partial charge >= 0.3 is 0 Å². The van der Waals surface area contributed by atoms with Crippen LogP contribution in [0.15, 0.2) is 47.0 Å². The van der Waals surface area contributed by atoms with E-state index in [1.54, 1.807) is 36.4 Å². The lowest BCUT2D eigenvalue weighted by Gasteiger charge is -2.06. The third kappa shape index (κ3) is 3.00. The lowest BCUT2D eigenvalue weighted by molar-refractivity contribution is -0.114. The second-order valence-corrected chi connectivity index (χ2v) is 8.01. The maximum atomic E-state index is 12.5. The van der Waals surface area contributed by atoms with E-state index in [0.29, 0.717) is 36.9 Å². The monoisotopic (exact) mass is 424 g/mol. The summed E-state index contributed by atoms with van der Waals surface area (Å²) in [5.74, 6) is 0.659. The van der Waals surface area contributed by atoms with E-state index in [9.17, 15) is 15.0 Å². The van der Waals surface area contributed by atoms with Crippen LogP contribution in [0.25, 0.3) is 17.8 Å². The Labute approximate surface area is 172 Å². The van der Waals surface area contributed by atoms with E-state index in [2.05, 4.69) is 4.99 Å². The molecule has 0 atom stereocenters. The number of phenols is 1. The van der Waals surface area contributed by atoms with Gasteiger partial charge < -0.3 is 19.7 Å². The Kier molecular flexibility index (Phi) is 4.00. The lowest BCUT2D eigenvalue weighted by Crippen LogP contribution is -2.30. The zero-order valence-corrected chi connectivity index (χ0v) is 16.3. The van der Waals surface area contributed by atoms with Gasteiger partial charge in [0, 0.05) is 22.9 Å². The molecule has 3 aromatic rings. The Morgan fingerprint density at radius 1 is 1.17 bits per heavy atom. The summed E-state index contributed by atoms with van der Waals surface area (Å²) >= 11 is 6.51. The fourth-order valence-electron chi connectivity index (χ4n) is 3.14. The van der Waals surface area contributed by atoms with E-state index in [1.807, 2.05) is 0 Å². The number of rotatable bonds is 2. The number of nitrogens with zero attached hydrogens (tertiary/aromatic N) is 2. The summed E-state index contributed by atoms with van der Waals surface area (Å²) < 4.78 is 12.5. The van der Waals surface area contributed by atoms with Crippen molar-refractivity contribution in [3.05, 3.63) is 61.4 Å². The molecule has 0 fully saturated rings. The molecule has 144 valence electrons. The molecule has 2 aliphatic rings. The molecule has 0 aliphatic carbocycles. The highest BCUT2D eigenvalue weighted by molar-refractivity contribution is 7.73. The Balaban J connectivity index is 1.62. The average molecular weight is 424 g/mol. The van der Waals surface area contributed by atoms with E-state index in [4.69, 9.17) is 21.7 Å². The number of hydrogen-bond donors (Lipinski definition) is 2. The molecule has 7 nitrogen and oxygen atoms in total. The molecule has 0 spiro atoms. The van der Waals surface area contributed by atoms with Gasteiger partial charge in [-0.05, 0) is 42.6 Å². The molecular formula is C20H12N2O5S2. The van der Waals surface area contributed by atoms with Crippen molar-refractivity contribution >= 4 is 41.6 Å². The lowest BCUT2D eigenvalue weighted by atomic mass is 10.1. The average Bonchev–Trinajstić information content (AvgIpc) is 3.24. The molecule has 0 saturated carbocycles. The number of amides is 1. The third-order valence-corrected chi connectivity index (χ3v) is 5.80. The van der Waals surface area contributed by atoms with Crippen LogP contribution in [0.2, 0.25) is 0 Å². The van der Waals surface area contributed by atoms with Gasteiger partial charge in [0.1, 0.15) is 5.75 Å². The highest BCUT2D eigenvalue weighted by atomic mass is 32.1. The summed E-state index contributed by atoms with van der Waals surface area (Å²) in [7, 11) is 0. The number of carbonyl (C=O) groups excluding carboxylic acids is 1. The normalized spacial score (nSPS) is 15.7. The van der Waals surface area contributed by atoms with Crippen LogP contribution in [0.3, 0.4) is 0 Å². The van der Waals surface area contributed by atoms with Crippen LogP contribution in [0.1, 0.15) is 4.88 Å². The molecule has 0 saturated heterocycles. The first-order valence-electron chi connectivity index (χ1n) is 8.50. The first-order chi connectivity index (χ1) is 14.0. The quantitative estimate of drug-likeness (QED) is 0.485. The number of phenolic OH excluding ortho intramolecular Hbond substituents is 1. The Morgan fingerprint density at radius 3 is 2.76 bits per heavy atom. The first-order valence-corrected chi connectivity index (χ1v) is 9.72. The van der Waals surface area contributed by atoms with Gasteiger partial charge in [0.2, 0.25) is 12.7 Å². The summed E-state index contributed by atoms with van der Waals surface area (Å²) in [5, 5.41) is 21.6. The van der Waals surface area contributed by atoms with Gasteiger partial charge in [-0.25, -0.2) is 4.99 Å². The molecule has 0 bridgehead atoms. The SMILES string of the molecule is O=C1N=c2cc3c(cc2=CC1=Cc1sc(=S)n(-c2cccc(O)c2)c1O)OCO3. The van der Waals surface area contributed by atoms with E-state index in [1.165, 1.54) is 16.7 Å². The number of benzene rings is 2. The minimum atomic E-state index is -0.431. The van der Waals surface area contributed by atoms with Crippen molar-refractivity contribution in [2.45, 2.75) is 0 Å². The summed E-state index contributed by atoms with van der Waals surface area (Å²) in [6.45, 7) is 0.134. The molecule has 29 heavy (non-hydrogen) atoms. The minimum absolute atomic E-state index is 0.0554. The minimum Gasteiger partial charge on any atom is -0.508 e. The zero-order chi connectivity index (χ0) is 20.1. The second-order valence-electron chi connectivity index (χ2n) is 6.34. The number of thiazole rings is 1. The predicted octanol–water partition coefficient (Wildman–Crippen LogP) is 2.43. The smallest absolute Gasteiger partial charge is 0.277 e.